The van der Waals surface area contributed by atoms with Gasteiger partial charge >= 0.3 is 0 Å². The first-order valence-corrected chi connectivity index (χ1v) is 6.19. The zero-order valence-corrected chi connectivity index (χ0v) is 9.88. The van der Waals surface area contributed by atoms with E-state index in [-0.39, 0.29) is 17.3 Å². The summed E-state index contributed by atoms with van der Waals surface area (Å²) >= 11 is 0. The van der Waals surface area contributed by atoms with E-state index in [0.29, 0.717) is 0 Å². The fourth-order valence-electron chi connectivity index (χ4n) is 2.99. The lowest BCUT2D eigenvalue weighted by Gasteiger charge is -2.34. The van der Waals surface area contributed by atoms with Crippen molar-refractivity contribution in [2.75, 3.05) is 0 Å². The number of halogens is 1. The molecule has 1 atom stereocenters. The Bertz CT molecular complexity index is 338. The number of nitrogens with two attached hydrogens (primary N) is 1. The predicted octanol–water partition coefficient (Wildman–Crippen LogP) is 3.80. The minimum absolute atomic E-state index is 0.0561. The van der Waals surface area contributed by atoms with Crippen LogP contribution in [-0.2, 0) is 0 Å². The monoisotopic (exact) mass is 221 g/mol. The van der Waals surface area contributed by atoms with Crippen LogP contribution in [0, 0.1) is 11.2 Å². The Morgan fingerprint density at radius 3 is 2.31 bits per heavy atom. The molecule has 0 amide bonds. The molecule has 1 aromatic carbocycles. The average molecular weight is 221 g/mol. The molecular weight excluding hydrogens is 201 g/mol. The van der Waals surface area contributed by atoms with E-state index in [1.807, 2.05) is 12.1 Å². The fraction of sp³-hybridized carbons (Fsp3) is 0.571. The molecule has 1 aliphatic carbocycles. The van der Waals surface area contributed by atoms with Gasteiger partial charge in [0.05, 0.1) is 0 Å². The molecule has 1 aliphatic rings. The smallest absolute Gasteiger partial charge is 0.123 e. The Morgan fingerprint density at radius 1 is 1.25 bits per heavy atom. The number of hydrogen-bond acceptors (Lipinski definition) is 1. The molecule has 2 N–H and O–H groups in total. The summed E-state index contributed by atoms with van der Waals surface area (Å²) in [4.78, 5) is 0. The summed E-state index contributed by atoms with van der Waals surface area (Å²) in [5.74, 6) is -0.187. The van der Waals surface area contributed by atoms with Crippen molar-refractivity contribution in [2.24, 2.45) is 11.1 Å². The molecule has 0 bridgehead atoms. The van der Waals surface area contributed by atoms with E-state index < -0.39 is 0 Å². The highest BCUT2D eigenvalue weighted by Crippen LogP contribution is 2.48. The van der Waals surface area contributed by atoms with E-state index in [4.69, 9.17) is 5.73 Å². The highest BCUT2D eigenvalue weighted by Gasteiger charge is 2.38. The van der Waals surface area contributed by atoms with Crippen molar-refractivity contribution in [1.29, 1.82) is 0 Å². The van der Waals surface area contributed by atoms with E-state index in [1.54, 1.807) is 0 Å². The van der Waals surface area contributed by atoms with Crippen LogP contribution in [0.25, 0.3) is 0 Å². The standard InChI is InChI=1S/C14H20FN/c1-2-14(9-3-4-10-14)13(16)11-5-7-12(15)8-6-11/h5-8,13H,2-4,9-10,16H2,1H3. The van der Waals surface area contributed by atoms with Crippen LogP contribution in [0.1, 0.15) is 50.6 Å². The topological polar surface area (TPSA) is 26.0 Å². The summed E-state index contributed by atoms with van der Waals surface area (Å²) in [7, 11) is 0. The SMILES string of the molecule is CCC1(C(N)c2ccc(F)cc2)CCCC1. The van der Waals surface area contributed by atoms with Crippen LogP contribution in [-0.4, -0.2) is 0 Å². The molecule has 16 heavy (non-hydrogen) atoms. The Kier molecular flexibility index (Phi) is 3.29. The van der Waals surface area contributed by atoms with E-state index in [0.717, 1.165) is 12.0 Å². The lowest BCUT2D eigenvalue weighted by Crippen LogP contribution is -2.31. The Labute approximate surface area is 96.9 Å². The van der Waals surface area contributed by atoms with Gasteiger partial charge in [-0.1, -0.05) is 31.9 Å². The molecule has 0 aliphatic heterocycles. The van der Waals surface area contributed by atoms with Gasteiger partial charge in [-0.05, 0) is 42.4 Å². The molecule has 0 saturated heterocycles. The normalized spacial score (nSPS) is 20.9. The van der Waals surface area contributed by atoms with E-state index in [9.17, 15) is 4.39 Å². The van der Waals surface area contributed by atoms with Crippen LogP contribution >= 0.6 is 0 Å². The van der Waals surface area contributed by atoms with Gasteiger partial charge in [0.2, 0.25) is 0 Å². The van der Waals surface area contributed by atoms with Crippen molar-refractivity contribution in [2.45, 2.75) is 45.1 Å². The van der Waals surface area contributed by atoms with Gasteiger partial charge in [-0.15, -0.1) is 0 Å². The van der Waals surface area contributed by atoms with E-state index in [1.165, 1.54) is 37.8 Å². The van der Waals surface area contributed by atoms with Crippen molar-refractivity contribution in [1.82, 2.24) is 0 Å². The molecule has 1 saturated carbocycles. The molecule has 0 spiro atoms. The maximum absolute atomic E-state index is 12.9. The Morgan fingerprint density at radius 2 is 1.81 bits per heavy atom. The highest BCUT2D eigenvalue weighted by atomic mass is 19.1. The maximum Gasteiger partial charge on any atom is 0.123 e. The van der Waals surface area contributed by atoms with Gasteiger partial charge in [-0.25, -0.2) is 4.39 Å². The molecule has 1 fully saturated rings. The summed E-state index contributed by atoms with van der Waals surface area (Å²) in [5.41, 5.74) is 7.70. The van der Waals surface area contributed by atoms with Crippen LogP contribution < -0.4 is 5.73 Å². The van der Waals surface area contributed by atoms with E-state index in [2.05, 4.69) is 6.92 Å². The molecule has 1 aromatic rings. The predicted molar refractivity (Wildman–Crippen MR) is 64.5 cm³/mol. The van der Waals surface area contributed by atoms with Crippen LogP contribution in [0.4, 0.5) is 4.39 Å². The van der Waals surface area contributed by atoms with Gasteiger partial charge in [0.15, 0.2) is 0 Å². The molecule has 0 radical (unpaired) electrons. The first kappa shape index (κ1) is 11.6. The summed E-state index contributed by atoms with van der Waals surface area (Å²) in [5, 5.41) is 0. The largest absolute Gasteiger partial charge is 0.323 e. The first-order chi connectivity index (χ1) is 7.68. The maximum atomic E-state index is 12.9. The summed E-state index contributed by atoms with van der Waals surface area (Å²) in [6.07, 6.45) is 6.10. The fourth-order valence-corrected chi connectivity index (χ4v) is 2.99. The van der Waals surface area contributed by atoms with Crippen LogP contribution in [0.2, 0.25) is 0 Å². The third-order valence-electron chi connectivity index (χ3n) is 4.19. The third kappa shape index (κ3) is 1.99. The Hall–Kier alpha value is -0.890. The minimum Gasteiger partial charge on any atom is -0.323 e. The van der Waals surface area contributed by atoms with Crippen molar-refractivity contribution < 1.29 is 4.39 Å². The molecule has 2 heteroatoms. The van der Waals surface area contributed by atoms with Gasteiger partial charge in [-0.3, -0.25) is 0 Å². The highest BCUT2D eigenvalue weighted by molar-refractivity contribution is 5.22. The third-order valence-corrected chi connectivity index (χ3v) is 4.19. The molecule has 1 nitrogen and oxygen atoms in total. The molecule has 2 rings (SSSR count). The number of rotatable bonds is 3. The van der Waals surface area contributed by atoms with Gasteiger partial charge in [0, 0.05) is 6.04 Å². The number of hydrogen-bond donors (Lipinski definition) is 1. The van der Waals surface area contributed by atoms with Gasteiger partial charge in [-0.2, -0.15) is 0 Å². The lowest BCUT2D eigenvalue weighted by molar-refractivity contribution is 0.222. The lowest BCUT2D eigenvalue weighted by atomic mass is 9.74. The molecule has 1 unspecified atom stereocenters. The van der Waals surface area contributed by atoms with Crippen molar-refractivity contribution in [3.63, 3.8) is 0 Å². The zero-order chi connectivity index (χ0) is 11.6. The summed E-state index contributed by atoms with van der Waals surface area (Å²) in [6.45, 7) is 2.22. The summed E-state index contributed by atoms with van der Waals surface area (Å²) in [6, 6.07) is 6.73. The Balaban J connectivity index is 2.23. The second-order valence-electron chi connectivity index (χ2n) is 4.95. The van der Waals surface area contributed by atoms with Crippen LogP contribution in [0.5, 0.6) is 0 Å². The van der Waals surface area contributed by atoms with Crippen molar-refractivity contribution in [3.8, 4) is 0 Å². The molecular formula is C14H20FN. The minimum atomic E-state index is -0.187. The molecule has 0 heterocycles. The quantitative estimate of drug-likeness (QED) is 0.825. The average Bonchev–Trinajstić information content (AvgIpc) is 2.79. The van der Waals surface area contributed by atoms with Gasteiger partial charge < -0.3 is 5.73 Å². The van der Waals surface area contributed by atoms with Gasteiger partial charge in [0.1, 0.15) is 5.82 Å². The molecule has 0 aromatic heterocycles. The second kappa shape index (κ2) is 4.54. The van der Waals surface area contributed by atoms with Crippen molar-refractivity contribution >= 4 is 0 Å². The van der Waals surface area contributed by atoms with E-state index >= 15 is 0 Å². The van der Waals surface area contributed by atoms with Gasteiger partial charge in [0.25, 0.3) is 0 Å². The molecule has 88 valence electrons. The van der Waals surface area contributed by atoms with Crippen LogP contribution in [0.3, 0.4) is 0 Å². The first-order valence-electron chi connectivity index (χ1n) is 6.19. The van der Waals surface area contributed by atoms with Crippen LogP contribution in [0.15, 0.2) is 24.3 Å². The second-order valence-corrected chi connectivity index (χ2v) is 4.95. The number of benzene rings is 1. The van der Waals surface area contributed by atoms with Crippen molar-refractivity contribution in [3.05, 3.63) is 35.6 Å². The summed E-state index contributed by atoms with van der Waals surface area (Å²) < 4.78 is 12.9. The zero-order valence-electron chi connectivity index (χ0n) is 9.88.